The third kappa shape index (κ3) is 7.81. The van der Waals surface area contributed by atoms with Crippen molar-refractivity contribution in [3.8, 4) is 11.5 Å². The Morgan fingerprint density at radius 2 is 2.00 bits per heavy atom. The molecule has 2 N–H and O–H groups in total. The van der Waals surface area contributed by atoms with Crippen molar-refractivity contribution in [3.63, 3.8) is 0 Å². The SMILES string of the molecule is COCCCOc1cc(O)cc(C(=O)N[C@@H]2CCCN(C(=O)OC(C)(C)C)C2)c1. The van der Waals surface area contributed by atoms with Crippen molar-refractivity contribution in [2.24, 2.45) is 0 Å². The maximum Gasteiger partial charge on any atom is 0.410 e. The summed E-state index contributed by atoms with van der Waals surface area (Å²) in [6.07, 6.45) is 1.87. The zero-order valence-electron chi connectivity index (χ0n) is 17.7. The number of hydrogen-bond donors (Lipinski definition) is 2. The first-order valence-electron chi connectivity index (χ1n) is 9.92. The summed E-state index contributed by atoms with van der Waals surface area (Å²) in [7, 11) is 1.62. The molecular weight excluding hydrogens is 376 g/mol. The van der Waals surface area contributed by atoms with E-state index in [1.165, 1.54) is 12.1 Å². The van der Waals surface area contributed by atoms with Gasteiger partial charge in [-0.15, -0.1) is 0 Å². The van der Waals surface area contributed by atoms with Gasteiger partial charge in [-0.25, -0.2) is 4.79 Å². The van der Waals surface area contributed by atoms with Crippen LogP contribution in [0.15, 0.2) is 18.2 Å². The van der Waals surface area contributed by atoms with Crippen molar-refractivity contribution in [1.29, 1.82) is 0 Å². The van der Waals surface area contributed by atoms with E-state index in [4.69, 9.17) is 14.2 Å². The van der Waals surface area contributed by atoms with Crippen molar-refractivity contribution in [2.45, 2.75) is 51.7 Å². The van der Waals surface area contributed by atoms with Gasteiger partial charge in [-0.05, 0) is 45.7 Å². The fraction of sp³-hybridized carbons (Fsp3) is 0.619. The number of benzene rings is 1. The lowest BCUT2D eigenvalue weighted by molar-refractivity contribution is 0.0185. The smallest absolute Gasteiger partial charge is 0.410 e. The Kier molecular flexibility index (Phi) is 8.13. The average Bonchev–Trinajstić information content (AvgIpc) is 2.63. The predicted molar refractivity (Wildman–Crippen MR) is 108 cm³/mol. The lowest BCUT2D eigenvalue weighted by Crippen LogP contribution is -2.50. The van der Waals surface area contributed by atoms with Crippen LogP contribution in [0.1, 0.15) is 50.4 Å². The standard InChI is InChI=1S/C21H32N2O6/c1-21(2,3)29-20(26)23-8-5-7-16(14-23)22-19(25)15-11-17(24)13-18(12-15)28-10-6-9-27-4/h11-13,16,24H,5-10,14H2,1-4H3,(H,22,25)/t16-/m1/s1. The highest BCUT2D eigenvalue weighted by molar-refractivity contribution is 5.95. The van der Waals surface area contributed by atoms with Crippen LogP contribution in [0.4, 0.5) is 4.79 Å². The van der Waals surface area contributed by atoms with Crippen molar-refractivity contribution in [2.75, 3.05) is 33.4 Å². The highest BCUT2D eigenvalue weighted by Crippen LogP contribution is 2.23. The predicted octanol–water partition coefficient (Wildman–Crippen LogP) is 2.94. The molecule has 1 atom stereocenters. The van der Waals surface area contributed by atoms with Crippen LogP contribution in [0.2, 0.25) is 0 Å². The monoisotopic (exact) mass is 408 g/mol. The summed E-state index contributed by atoms with van der Waals surface area (Å²) < 4.78 is 16.0. The van der Waals surface area contributed by atoms with Crippen molar-refractivity contribution in [1.82, 2.24) is 10.2 Å². The minimum Gasteiger partial charge on any atom is -0.508 e. The molecule has 1 aromatic carbocycles. The van der Waals surface area contributed by atoms with Gasteiger partial charge >= 0.3 is 6.09 Å². The topological polar surface area (TPSA) is 97.3 Å². The van der Waals surface area contributed by atoms with E-state index in [9.17, 15) is 14.7 Å². The second-order valence-corrected chi connectivity index (χ2v) is 8.15. The van der Waals surface area contributed by atoms with Crippen LogP contribution in [-0.4, -0.2) is 67.1 Å². The Labute approximate surface area is 172 Å². The molecule has 2 amide bonds. The molecule has 0 aliphatic carbocycles. The van der Waals surface area contributed by atoms with Gasteiger partial charge in [-0.1, -0.05) is 0 Å². The molecule has 0 saturated carbocycles. The summed E-state index contributed by atoms with van der Waals surface area (Å²) in [4.78, 5) is 26.6. The summed E-state index contributed by atoms with van der Waals surface area (Å²) in [6, 6.07) is 4.27. The maximum atomic E-state index is 12.7. The molecule has 0 unspecified atom stereocenters. The third-order valence-electron chi connectivity index (χ3n) is 4.32. The Morgan fingerprint density at radius 3 is 2.69 bits per heavy atom. The summed E-state index contributed by atoms with van der Waals surface area (Å²) in [6.45, 7) is 7.46. The number of carbonyl (C=O) groups is 2. The van der Waals surface area contributed by atoms with Crippen molar-refractivity contribution < 1.29 is 28.9 Å². The fourth-order valence-corrected chi connectivity index (χ4v) is 3.05. The van der Waals surface area contributed by atoms with Crippen molar-refractivity contribution in [3.05, 3.63) is 23.8 Å². The average molecular weight is 408 g/mol. The lowest BCUT2D eigenvalue weighted by Gasteiger charge is -2.34. The number of amides is 2. The Bertz CT molecular complexity index is 701. The highest BCUT2D eigenvalue weighted by atomic mass is 16.6. The van der Waals surface area contributed by atoms with Crippen LogP contribution in [0.5, 0.6) is 11.5 Å². The first-order chi connectivity index (χ1) is 13.7. The van der Waals surface area contributed by atoms with E-state index in [0.29, 0.717) is 44.0 Å². The van der Waals surface area contributed by atoms with Gasteiger partial charge < -0.3 is 29.5 Å². The van der Waals surface area contributed by atoms with Crippen LogP contribution in [0.3, 0.4) is 0 Å². The molecule has 2 rings (SSSR count). The van der Waals surface area contributed by atoms with Gasteiger partial charge in [0.05, 0.1) is 6.61 Å². The van der Waals surface area contributed by atoms with Gasteiger partial charge in [0.2, 0.25) is 0 Å². The van der Waals surface area contributed by atoms with Crippen LogP contribution in [0.25, 0.3) is 0 Å². The molecule has 8 nitrogen and oxygen atoms in total. The number of phenolic OH excluding ortho intramolecular Hbond substituents is 1. The molecular formula is C21H32N2O6. The molecule has 8 heteroatoms. The quantitative estimate of drug-likeness (QED) is 0.674. The fourth-order valence-electron chi connectivity index (χ4n) is 3.05. The minimum atomic E-state index is -0.561. The Balaban J connectivity index is 1.95. The molecule has 0 spiro atoms. The molecule has 1 aromatic rings. The van der Waals surface area contributed by atoms with Crippen LogP contribution >= 0.6 is 0 Å². The molecule has 0 bridgehead atoms. The normalized spacial score (nSPS) is 17.0. The molecule has 0 radical (unpaired) electrons. The van der Waals surface area contributed by atoms with Gasteiger partial charge in [-0.3, -0.25) is 4.79 Å². The van der Waals surface area contributed by atoms with E-state index in [-0.39, 0.29) is 23.8 Å². The van der Waals surface area contributed by atoms with Gasteiger partial charge in [-0.2, -0.15) is 0 Å². The number of ether oxygens (including phenoxy) is 3. The summed E-state index contributed by atoms with van der Waals surface area (Å²) >= 11 is 0. The Morgan fingerprint density at radius 1 is 1.24 bits per heavy atom. The number of aromatic hydroxyl groups is 1. The van der Waals surface area contributed by atoms with E-state index in [1.54, 1.807) is 18.1 Å². The van der Waals surface area contributed by atoms with Crippen LogP contribution < -0.4 is 10.1 Å². The van der Waals surface area contributed by atoms with Gasteiger partial charge in [0.1, 0.15) is 17.1 Å². The molecule has 1 fully saturated rings. The van der Waals surface area contributed by atoms with Gasteiger partial charge in [0.25, 0.3) is 5.91 Å². The first-order valence-corrected chi connectivity index (χ1v) is 9.92. The number of likely N-dealkylation sites (tertiary alicyclic amines) is 1. The maximum absolute atomic E-state index is 12.7. The van der Waals surface area contributed by atoms with E-state index < -0.39 is 5.60 Å². The summed E-state index contributed by atoms with van der Waals surface area (Å²) in [5.74, 6) is 0.0578. The molecule has 1 aliphatic rings. The van der Waals surface area contributed by atoms with Gasteiger partial charge in [0, 0.05) is 50.9 Å². The van der Waals surface area contributed by atoms with Gasteiger partial charge in [0.15, 0.2) is 0 Å². The molecule has 162 valence electrons. The van der Waals surface area contributed by atoms with Crippen LogP contribution in [-0.2, 0) is 9.47 Å². The second-order valence-electron chi connectivity index (χ2n) is 8.15. The number of carbonyl (C=O) groups excluding carboxylic acids is 2. The lowest BCUT2D eigenvalue weighted by atomic mass is 10.1. The number of nitrogens with zero attached hydrogens (tertiary/aromatic N) is 1. The first kappa shape index (κ1) is 22.8. The van der Waals surface area contributed by atoms with Crippen molar-refractivity contribution >= 4 is 12.0 Å². The summed E-state index contributed by atoms with van der Waals surface area (Å²) in [5.41, 5.74) is -0.254. The molecule has 1 saturated heterocycles. The molecule has 1 heterocycles. The van der Waals surface area contributed by atoms with E-state index in [0.717, 1.165) is 12.8 Å². The minimum absolute atomic E-state index is 0.0431. The zero-order valence-corrected chi connectivity index (χ0v) is 17.7. The van der Waals surface area contributed by atoms with Crippen LogP contribution in [0, 0.1) is 0 Å². The molecule has 1 aliphatic heterocycles. The van der Waals surface area contributed by atoms with E-state index in [2.05, 4.69) is 5.32 Å². The summed E-state index contributed by atoms with van der Waals surface area (Å²) in [5, 5.41) is 12.9. The largest absolute Gasteiger partial charge is 0.508 e. The molecule has 0 aromatic heterocycles. The third-order valence-corrected chi connectivity index (χ3v) is 4.32. The zero-order chi connectivity index (χ0) is 21.4. The number of nitrogens with one attached hydrogen (secondary N) is 1. The second kappa shape index (κ2) is 10.3. The number of hydrogen-bond acceptors (Lipinski definition) is 6. The number of methoxy groups -OCH3 is 1. The van der Waals surface area contributed by atoms with E-state index >= 15 is 0 Å². The molecule has 29 heavy (non-hydrogen) atoms. The Hall–Kier alpha value is -2.48. The number of phenols is 1. The van der Waals surface area contributed by atoms with E-state index in [1.807, 2.05) is 20.8 Å². The highest BCUT2D eigenvalue weighted by Gasteiger charge is 2.28. The number of piperidine rings is 1. The number of rotatable bonds is 7.